The van der Waals surface area contributed by atoms with Gasteiger partial charge >= 0.3 is 6.18 Å². The van der Waals surface area contributed by atoms with E-state index >= 15 is 0 Å². The second-order valence-electron chi connectivity index (χ2n) is 9.21. The second kappa shape index (κ2) is 9.29. The minimum absolute atomic E-state index is 0.0609. The van der Waals surface area contributed by atoms with Gasteiger partial charge < -0.3 is 20.7 Å². The first kappa shape index (κ1) is 24.6. The number of anilines is 2. The van der Waals surface area contributed by atoms with Gasteiger partial charge in [0.15, 0.2) is 0 Å². The molecule has 1 atom stereocenters. The highest BCUT2D eigenvalue weighted by atomic mass is 19.4. The Morgan fingerprint density at radius 3 is 2.51 bits per heavy atom. The first-order valence-corrected chi connectivity index (χ1v) is 11.3. The number of nitrogens with one attached hydrogen (secondary N) is 1. The molecule has 186 valence electrons. The number of alkyl halides is 3. The van der Waals surface area contributed by atoms with Gasteiger partial charge in [-0.05, 0) is 75.3 Å². The van der Waals surface area contributed by atoms with E-state index < -0.39 is 17.5 Å². The molecule has 1 amide bonds. The highest BCUT2D eigenvalue weighted by molar-refractivity contribution is 5.76. The van der Waals surface area contributed by atoms with E-state index in [1.54, 1.807) is 36.1 Å². The van der Waals surface area contributed by atoms with Crippen LogP contribution >= 0.6 is 0 Å². The molecule has 1 aliphatic rings. The van der Waals surface area contributed by atoms with Crippen molar-refractivity contribution in [1.82, 2.24) is 19.5 Å². The average molecular weight is 489 g/mol. The number of carbonyl (C=O) groups is 1. The van der Waals surface area contributed by atoms with Crippen molar-refractivity contribution in [2.24, 2.45) is 17.6 Å². The minimum atomic E-state index is -4.57. The molecule has 1 saturated carbocycles. The molecule has 4 rings (SSSR count). The molecule has 0 bridgehead atoms. The van der Waals surface area contributed by atoms with E-state index in [4.69, 9.17) is 5.73 Å². The molecule has 3 aromatic rings. The predicted molar refractivity (Wildman–Crippen MR) is 123 cm³/mol. The van der Waals surface area contributed by atoms with Gasteiger partial charge in [0.25, 0.3) is 0 Å². The molecule has 4 N–H and O–H groups in total. The lowest BCUT2D eigenvalue weighted by Crippen LogP contribution is -2.37. The SMILES string of the molecule is Cc1cc(Nc2nccc(C(F)(F)F)n2)cc(-n2cnc(C(C)(O)C3CCC(C(N)=O)CC3)c2)c1. The molecule has 0 radical (unpaired) electrons. The molecule has 1 aliphatic carbocycles. The predicted octanol–water partition coefficient (Wildman–Crippen LogP) is 4.23. The summed E-state index contributed by atoms with van der Waals surface area (Å²) in [4.78, 5) is 23.3. The van der Waals surface area contributed by atoms with Crippen LogP contribution in [0, 0.1) is 18.8 Å². The van der Waals surface area contributed by atoms with Crippen LogP contribution in [0.25, 0.3) is 5.69 Å². The van der Waals surface area contributed by atoms with Crippen LogP contribution in [0.15, 0.2) is 43.0 Å². The normalized spacial score (nSPS) is 20.3. The van der Waals surface area contributed by atoms with E-state index in [0.29, 0.717) is 42.8 Å². The zero-order valence-corrected chi connectivity index (χ0v) is 19.4. The summed E-state index contributed by atoms with van der Waals surface area (Å²) in [5, 5.41) is 14.1. The zero-order valence-electron chi connectivity index (χ0n) is 19.4. The van der Waals surface area contributed by atoms with Gasteiger partial charge in [0, 0.05) is 29.7 Å². The molecule has 8 nitrogen and oxygen atoms in total. The number of imidazole rings is 1. The van der Waals surface area contributed by atoms with Crippen molar-refractivity contribution >= 4 is 17.5 Å². The quantitative estimate of drug-likeness (QED) is 0.478. The molecule has 0 spiro atoms. The Morgan fingerprint density at radius 2 is 1.86 bits per heavy atom. The summed E-state index contributed by atoms with van der Waals surface area (Å²) >= 11 is 0. The second-order valence-corrected chi connectivity index (χ2v) is 9.21. The fourth-order valence-electron chi connectivity index (χ4n) is 4.56. The number of benzene rings is 1. The van der Waals surface area contributed by atoms with Crippen LogP contribution in [0.5, 0.6) is 0 Å². The Balaban J connectivity index is 1.54. The molecular weight excluding hydrogens is 461 g/mol. The fraction of sp³-hybridized carbons (Fsp3) is 0.417. The molecule has 2 aromatic heterocycles. The lowest BCUT2D eigenvalue weighted by atomic mass is 9.73. The Kier molecular flexibility index (Phi) is 6.54. The van der Waals surface area contributed by atoms with Crippen molar-refractivity contribution in [3.8, 4) is 5.69 Å². The third-order valence-corrected chi connectivity index (χ3v) is 6.59. The summed E-state index contributed by atoms with van der Waals surface area (Å²) in [7, 11) is 0. The monoisotopic (exact) mass is 488 g/mol. The molecular formula is C24H27F3N6O2. The summed E-state index contributed by atoms with van der Waals surface area (Å²) in [6.45, 7) is 3.58. The maximum atomic E-state index is 13.0. The maximum absolute atomic E-state index is 13.0. The fourth-order valence-corrected chi connectivity index (χ4v) is 4.56. The van der Waals surface area contributed by atoms with Crippen molar-refractivity contribution in [2.45, 2.75) is 51.3 Å². The van der Waals surface area contributed by atoms with E-state index in [1.807, 2.05) is 13.0 Å². The van der Waals surface area contributed by atoms with Crippen LogP contribution in [0.1, 0.15) is 49.6 Å². The zero-order chi connectivity index (χ0) is 25.4. The van der Waals surface area contributed by atoms with Gasteiger partial charge in [-0.2, -0.15) is 13.2 Å². The number of aromatic nitrogens is 4. The van der Waals surface area contributed by atoms with Gasteiger partial charge in [-0.15, -0.1) is 0 Å². The van der Waals surface area contributed by atoms with Crippen molar-refractivity contribution < 1.29 is 23.1 Å². The number of hydrogen-bond acceptors (Lipinski definition) is 6. The number of nitrogens with zero attached hydrogens (tertiary/aromatic N) is 4. The summed E-state index contributed by atoms with van der Waals surface area (Å²) in [6, 6.07) is 6.19. The lowest BCUT2D eigenvalue weighted by molar-refractivity contribution is -0.141. The van der Waals surface area contributed by atoms with E-state index in [0.717, 1.165) is 17.8 Å². The summed E-state index contributed by atoms with van der Waals surface area (Å²) in [6.07, 6.45) is 2.42. The summed E-state index contributed by atoms with van der Waals surface area (Å²) < 4.78 is 40.7. The van der Waals surface area contributed by atoms with E-state index in [9.17, 15) is 23.1 Å². The van der Waals surface area contributed by atoms with Gasteiger partial charge in [-0.1, -0.05) is 0 Å². The molecule has 1 aromatic carbocycles. The molecule has 2 heterocycles. The lowest BCUT2D eigenvalue weighted by Gasteiger charge is -2.36. The van der Waals surface area contributed by atoms with Crippen molar-refractivity contribution in [3.05, 3.63) is 59.9 Å². The van der Waals surface area contributed by atoms with Gasteiger partial charge in [0.05, 0.1) is 12.0 Å². The Bertz CT molecular complexity index is 1220. The number of aryl methyl sites for hydroxylation is 1. The smallest absolute Gasteiger partial charge is 0.383 e. The number of amides is 1. The molecule has 0 aliphatic heterocycles. The summed E-state index contributed by atoms with van der Waals surface area (Å²) in [5.74, 6) is -0.683. The number of primary amides is 1. The maximum Gasteiger partial charge on any atom is 0.433 e. The highest BCUT2D eigenvalue weighted by Crippen LogP contribution is 2.40. The van der Waals surface area contributed by atoms with Crippen LogP contribution in [-0.2, 0) is 16.6 Å². The van der Waals surface area contributed by atoms with Crippen LogP contribution in [0.3, 0.4) is 0 Å². The first-order valence-electron chi connectivity index (χ1n) is 11.3. The Morgan fingerprint density at radius 1 is 1.14 bits per heavy atom. The molecule has 11 heteroatoms. The summed E-state index contributed by atoms with van der Waals surface area (Å²) in [5.41, 5.74) is 5.75. The minimum Gasteiger partial charge on any atom is -0.383 e. The van der Waals surface area contributed by atoms with Crippen molar-refractivity contribution in [3.63, 3.8) is 0 Å². The number of halogens is 3. The first-order chi connectivity index (χ1) is 16.4. The number of aliphatic hydroxyl groups is 1. The van der Waals surface area contributed by atoms with Crippen molar-refractivity contribution in [2.75, 3.05) is 5.32 Å². The van der Waals surface area contributed by atoms with Crippen LogP contribution in [0.4, 0.5) is 24.8 Å². The molecule has 35 heavy (non-hydrogen) atoms. The van der Waals surface area contributed by atoms with Crippen LogP contribution < -0.4 is 11.1 Å². The molecule has 1 fully saturated rings. The van der Waals surface area contributed by atoms with Gasteiger partial charge in [0.2, 0.25) is 11.9 Å². The third-order valence-electron chi connectivity index (χ3n) is 6.59. The Labute approximate surface area is 200 Å². The highest BCUT2D eigenvalue weighted by Gasteiger charge is 2.39. The number of rotatable bonds is 6. The number of nitrogens with two attached hydrogens (primary N) is 1. The molecule has 1 unspecified atom stereocenters. The number of hydrogen-bond donors (Lipinski definition) is 3. The van der Waals surface area contributed by atoms with E-state index in [1.165, 1.54) is 0 Å². The van der Waals surface area contributed by atoms with Crippen LogP contribution in [0.2, 0.25) is 0 Å². The van der Waals surface area contributed by atoms with E-state index in [-0.39, 0.29) is 23.7 Å². The van der Waals surface area contributed by atoms with Crippen molar-refractivity contribution in [1.29, 1.82) is 0 Å². The Hall–Kier alpha value is -3.47. The standard InChI is InChI=1S/C24H27F3N6O2/c1-14-9-17(31-22-29-8-7-19(32-22)24(25,26)27)11-18(10-14)33-12-20(30-13-33)23(2,35)16-5-3-15(4-6-16)21(28)34/h7-13,15-16,35H,3-6H2,1-2H3,(H2,28,34)(H,29,31,32). The topological polar surface area (TPSA) is 119 Å². The average Bonchev–Trinajstić information content (AvgIpc) is 3.30. The van der Waals surface area contributed by atoms with Gasteiger partial charge in [-0.3, -0.25) is 4.79 Å². The number of carbonyl (C=O) groups excluding carboxylic acids is 1. The van der Waals surface area contributed by atoms with Gasteiger partial charge in [0.1, 0.15) is 11.3 Å². The van der Waals surface area contributed by atoms with Gasteiger partial charge in [-0.25, -0.2) is 15.0 Å². The third kappa shape index (κ3) is 5.45. The van der Waals surface area contributed by atoms with Crippen LogP contribution in [-0.4, -0.2) is 30.5 Å². The largest absolute Gasteiger partial charge is 0.433 e. The molecule has 0 saturated heterocycles. The van der Waals surface area contributed by atoms with E-state index in [2.05, 4.69) is 20.3 Å².